The van der Waals surface area contributed by atoms with Crippen LogP contribution in [0.4, 0.5) is 11.4 Å². The fourth-order valence-corrected chi connectivity index (χ4v) is 1.79. The van der Waals surface area contributed by atoms with Crippen molar-refractivity contribution >= 4 is 17.3 Å². The maximum Gasteiger partial charge on any atom is 0.276 e. The molecule has 2 rings (SSSR count). The standard InChI is InChI=1S/C15H14N4O/c16-9-4-10-19(13-5-2-1-3-6-13)15(20)14-8-7-12(17)11-18-14/h1-3,5-8,11H,4,10,17H2. The first-order valence-electron chi connectivity index (χ1n) is 6.18. The summed E-state index contributed by atoms with van der Waals surface area (Å²) in [5.74, 6) is -0.244. The zero-order chi connectivity index (χ0) is 14.4. The van der Waals surface area contributed by atoms with E-state index in [0.717, 1.165) is 5.69 Å². The summed E-state index contributed by atoms with van der Waals surface area (Å²) in [4.78, 5) is 18.1. The van der Waals surface area contributed by atoms with Gasteiger partial charge in [-0.3, -0.25) is 4.79 Å². The van der Waals surface area contributed by atoms with Crippen LogP contribution >= 0.6 is 0 Å². The number of pyridine rings is 1. The van der Waals surface area contributed by atoms with E-state index in [4.69, 9.17) is 11.0 Å². The quantitative estimate of drug-likeness (QED) is 0.919. The van der Waals surface area contributed by atoms with E-state index in [-0.39, 0.29) is 12.3 Å². The van der Waals surface area contributed by atoms with Crippen molar-refractivity contribution in [3.63, 3.8) is 0 Å². The van der Waals surface area contributed by atoms with E-state index in [1.165, 1.54) is 6.20 Å². The number of carbonyl (C=O) groups excluding carboxylic acids is 1. The highest BCUT2D eigenvalue weighted by molar-refractivity contribution is 6.04. The maximum absolute atomic E-state index is 12.5. The molecule has 0 saturated heterocycles. The van der Waals surface area contributed by atoms with Crippen molar-refractivity contribution in [2.45, 2.75) is 6.42 Å². The predicted octanol–water partition coefficient (Wildman–Crippen LogP) is 2.22. The van der Waals surface area contributed by atoms with Crippen LogP contribution in [-0.2, 0) is 0 Å². The summed E-state index contributed by atoms with van der Waals surface area (Å²) in [6, 6.07) is 14.5. The second-order valence-electron chi connectivity index (χ2n) is 4.18. The number of anilines is 2. The molecule has 0 radical (unpaired) electrons. The third-order valence-corrected chi connectivity index (χ3v) is 2.77. The summed E-state index contributed by atoms with van der Waals surface area (Å²) in [6.45, 7) is 0.325. The summed E-state index contributed by atoms with van der Waals surface area (Å²) in [6.07, 6.45) is 1.70. The molecule has 1 aromatic heterocycles. The van der Waals surface area contributed by atoms with E-state index in [9.17, 15) is 4.79 Å². The first-order valence-corrected chi connectivity index (χ1v) is 6.18. The van der Waals surface area contributed by atoms with Gasteiger partial charge in [0.2, 0.25) is 0 Å². The van der Waals surface area contributed by atoms with Gasteiger partial charge in [-0.1, -0.05) is 18.2 Å². The van der Waals surface area contributed by atoms with Crippen LogP contribution in [0.5, 0.6) is 0 Å². The Morgan fingerprint density at radius 3 is 2.60 bits per heavy atom. The molecule has 1 heterocycles. The third kappa shape index (κ3) is 3.12. The van der Waals surface area contributed by atoms with E-state index >= 15 is 0 Å². The average Bonchev–Trinajstić information content (AvgIpc) is 2.49. The highest BCUT2D eigenvalue weighted by Crippen LogP contribution is 2.16. The Morgan fingerprint density at radius 1 is 1.25 bits per heavy atom. The lowest BCUT2D eigenvalue weighted by Gasteiger charge is -2.21. The molecule has 0 aliphatic heterocycles. The number of nitrogen functional groups attached to an aromatic ring is 1. The second kappa shape index (κ2) is 6.34. The van der Waals surface area contributed by atoms with Gasteiger partial charge in [0.05, 0.1) is 24.4 Å². The zero-order valence-electron chi connectivity index (χ0n) is 10.9. The number of nitrogens with two attached hydrogens (primary N) is 1. The van der Waals surface area contributed by atoms with Crippen LogP contribution in [0.2, 0.25) is 0 Å². The molecule has 1 aromatic carbocycles. The van der Waals surface area contributed by atoms with Crippen molar-refractivity contribution in [2.75, 3.05) is 17.2 Å². The molecule has 0 spiro atoms. The van der Waals surface area contributed by atoms with Gasteiger partial charge >= 0.3 is 0 Å². The minimum atomic E-state index is -0.244. The van der Waals surface area contributed by atoms with Crippen molar-refractivity contribution < 1.29 is 4.79 Å². The Bertz CT molecular complexity index is 617. The van der Waals surface area contributed by atoms with Gasteiger partial charge in [0, 0.05) is 12.2 Å². The highest BCUT2D eigenvalue weighted by atomic mass is 16.2. The largest absolute Gasteiger partial charge is 0.397 e. The van der Waals surface area contributed by atoms with Gasteiger partial charge in [-0.2, -0.15) is 5.26 Å². The molecule has 0 fully saturated rings. The molecule has 20 heavy (non-hydrogen) atoms. The molecule has 100 valence electrons. The van der Waals surface area contributed by atoms with Crippen LogP contribution in [0, 0.1) is 11.3 Å². The van der Waals surface area contributed by atoms with Gasteiger partial charge in [0.15, 0.2) is 0 Å². The first-order chi connectivity index (χ1) is 9.72. The number of hydrogen-bond donors (Lipinski definition) is 1. The van der Waals surface area contributed by atoms with Gasteiger partial charge in [0.1, 0.15) is 5.69 Å². The average molecular weight is 266 g/mol. The van der Waals surface area contributed by atoms with Gasteiger partial charge in [0.25, 0.3) is 5.91 Å². The number of benzene rings is 1. The smallest absolute Gasteiger partial charge is 0.276 e. The number of carbonyl (C=O) groups is 1. The Morgan fingerprint density at radius 2 is 2.00 bits per heavy atom. The number of nitrogens with zero attached hydrogens (tertiary/aromatic N) is 3. The number of para-hydroxylation sites is 1. The SMILES string of the molecule is N#CCCN(C(=O)c1ccc(N)cn1)c1ccccc1. The fraction of sp³-hybridized carbons (Fsp3) is 0.133. The van der Waals surface area contributed by atoms with E-state index in [0.29, 0.717) is 17.9 Å². The molecule has 0 aliphatic carbocycles. The lowest BCUT2D eigenvalue weighted by molar-refractivity contribution is 0.0983. The summed E-state index contributed by atoms with van der Waals surface area (Å²) in [5, 5.41) is 8.73. The van der Waals surface area contributed by atoms with Crippen LogP contribution in [0.1, 0.15) is 16.9 Å². The number of aromatic nitrogens is 1. The number of nitriles is 1. The molecule has 5 nitrogen and oxygen atoms in total. The monoisotopic (exact) mass is 266 g/mol. The Labute approximate surface area is 117 Å². The summed E-state index contributed by atoms with van der Waals surface area (Å²) in [5.41, 5.74) is 7.12. The third-order valence-electron chi connectivity index (χ3n) is 2.77. The minimum Gasteiger partial charge on any atom is -0.397 e. The fourth-order valence-electron chi connectivity index (χ4n) is 1.79. The molecule has 2 aromatic rings. The molecule has 5 heteroatoms. The molecule has 2 N–H and O–H groups in total. The molecular formula is C15H14N4O. The summed E-state index contributed by atoms with van der Waals surface area (Å²) >= 11 is 0. The van der Waals surface area contributed by atoms with Crippen molar-refractivity contribution in [1.82, 2.24) is 4.98 Å². The van der Waals surface area contributed by atoms with Crippen molar-refractivity contribution in [2.24, 2.45) is 0 Å². The number of rotatable bonds is 4. The second-order valence-corrected chi connectivity index (χ2v) is 4.18. The van der Waals surface area contributed by atoms with Crippen molar-refractivity contribution in [3.05, 3.63) is 54.4 Å². The van der Waals surface area contributed by atoms with Crippen LogP contribution in [0.25, 0.3) is 0 Å². The summed E-state index contributed by atoms with van der Waals surface area (Å²) < 4.78 is 0. The zero-order valence-corrected chi connectivity index (χ0v) is 10.9. The molecule has 0 bridgehead atoms. The molecule has 0 atom stereocenters. The topological polar surface area (TPSA) is 83.0 Å². The Kier molecular flexibility index (Phi) is 4.30. The van der Waals surface area contributed by atoms with E-state index in [1.807, 2.05) is 36.4 Å². The van der Waals surface area contributed by atoms with Crippen molar-refractivity contribution in [1.29, 1.82) is 5.26 Å². The van der Waals surface area contributed by atoms with Crippen LogP contribution in [0.3, 0.4) is 0 Å². The Hall–Kier alpha value is -2.87. The van der Waals surface area contributed by atoms with E-state index in [1.54, 1.807) is 17.0 Å². The molecule has 1 amide bonds. The number of amides is 1. The van der Waals surface area contributed by atoms with Gasteiger partial charge in [-0.15, -0.1) is 0 Å². The molecule has 0 saturated carbocycles. The van der Waals surface area contributed by atoms with E-state index in [2.05, 4.69) is 4.98 Å². The Balaban J connectivity index is 2.29. The van der Waals surface area contributed by atoms with Crippen LogP contribution in [-0.4, -0.2) is 17.4 Å². The van der Waals surface area contributed by atoms with Gasteiger partial charge in [-0.05, 0) is 24.3 Å². The van der Waals surface area contributed by atoms with Crippen LogP contribution in [0.15, 0.2) is 48.7 Å². The molecule has 0 aliphatic rings. The van der Waals surface area contributed by atoms with Crippen LogP contribution < -0.4 is 10.6 Å². The molecule has 0 unspecified atom stereocenters. The lowest BCUT2D eigenvalue weighted by Crippen LogP contribution is -2.32. The molecular weight excluding hydrogens is 252 g/mol. The first kappa shape index (κ1) is 13.6. The lowest BCUT2D eigenvalue weighted by atomic mass is 10.2. The minimum absolute atomic E-state index is 0.244. The van der Waals surface area contributed by atoms with Crippen molar-refractivity contribution in [3.8, 4) is 6.07 Å². The van der Waals surface area contributed by atoms with E-state index < -0.39 is 0 Å². The number of hydrogen-bond acceptors (Lipinski definition) is 4. The van der Waals surface area contributed by atoms with Gasteiger partial charge in [-0.25, -0.2) is 4.98 Å². The summed E-state index contributed by atoms with van der Waals surface area (Å²) in [7, 11) is 0. The predicted molar refractivity (Wildman–Crippen MR) is 77.0 cm³/mol. The maximum atomic E-state index is 12.5. The normalized spacial score (nSPS) is 9.75. The van der Waals surface area contributed by atoms with Gasteiger partial charge < -0.3 is 10.6 Å². The highest BCUT2D eigenvalue weighted by Gasteiger charge is 2.18.